The third-order valence-electron chi connectivity index (χ3n) is 3.37. The van der Waals surface area contributed by atoms with Gasteiger partial charge in [-0.3, -0.25) is 10.1 Å². The third-order valence-corrected chi connectivity index (χ3v) is 3.37. The van der Waals surface area contributed by atoms with Crippen LogP contribution in [0, 0.1) is 10.1 Å². The van der Waals surface area contributed by atoms with Crippen molar-refractivity contribution in [1.29, 1.82) is 0 Å². The highest BCUT2D eigenvalue weighted by atomic mass is 16.6. The molecule has 2 heterocycles. The predicted molar refractivity (Wildman–Crippen MR) is 71.0 cm³/mol. The van der Waals surface area contributed by atoms with Crippen molar-refractivity contribution in [2.75, 3.05) is 6.54 Å². The van der Waals surface area contributed by atoms with E-state index < -0.39 is 4.92 Å². The van der Waals surface area contributed by atoms with E-state index in [-0.39, 0.29) is 11.7 Å². The third kappa shape index (κ3) is 2.53. The van der Waals surface area contributed by atoms with Crippen LogP contribution in [-0.4, -0.2) is 21.6 Å². The summed E-state index contributed by atoms with van der Waals surface area (Å²) in [5.74, 6) is 0.933. The molecule has 20 heavy (non-hydrogen) atoms. The molecular weight excluding hydrogens is 260 g/mol. The Balaban J connectivity index is 1.85. The highest BCUT2D eigenvalue weighted by molar-refractivity contribution is 5.57. The van der Waals surface area contributed by atoms with E-state index >= 15 is 0 Å². The Morgan fingerprint density at radius 2 is 2.30 bits per heavy atom. The monoisotopic (exact) mass is 274 g/mol. The van der Waals surface area contributed by atoms with Gasteiger partial charge >= 0.3 is 0 Å². The zero-order valence-corrected chi connectivity index (χ0v) is 10.8. The number of aromatic nitrogens is 2. The Labute approximate surface area is 115 Å². The van der Waals surface area contributed by atoms with E-state index in [1.54, 1.807) is 12.1 Å². The predicted octanol–water partition coefficient (Wildman–Crippen LogP) is 2.46. The Hall–Kier alpha value is -2.28. The van der Waals surface area contributed by atoms with Gasteiger partial charge in [-0.1, -0.05) is 17.6 Å². The first kappa shape index (κ1) is 12.7. The van der Waals surface area contributed by atoms with Crippen LogP contribution in [0.2, 0.25) is 0 Å². The van der Waals surface area contributed by atoms with Gasteiger partial charge < -0.3 is 9.84 Å². The van der Waals surface area contributed by atoms with E-state index in [4.69, 9.17) is 4.52 Å². The number of hydrogen-bond donors (Lipinski definition) is 1. The van der Waals surface area contributed by atoms with Crippen LogP contribution < -0.4 is 5.32 Å². The second kappa shape index (κ2) is 5.38. The molecule has 1 aliphatic rings. The van der Waals surface area contributed by atoms with Gasteiger partial charge in [-0.15, -0.1) is 0 Å². The van der Waals surface area contributed by atoms with Crippen LogP contribution in [0.1, 0.15) is 31.1 Å². The van der Waals surface area contributed by atoms with Crippen LogP contribution in [0.25, 0.3) is 11.5 Å². The lowest BCUT2D eigenvalue weighted by Crippen LogP contribution is -2.27. The standard InChI is InChI=1S/C13H14N4O3/c18-17(19)10-5-3-4-9(8-10)13-15-12(16-20-13)11-6-1-2-7-14-11/h3-5,8,11,14H,1-2,6-7H2. The number of benzene rings is 1. The normalized spacial score (nSPS) is 18.9. The maximum absolute atomic E-state index is 10.8. The van der Waals surface area contributed by atoms with E-state index in [1.165, 1.54) is 12.1 Å². The van der Waals surface area contributed by atoms with E-state index in [9.17, 15) is 10.1 Å². The van der Waals surface area contributed by atoms with E-state index in [2.05, 4.69) is 15.5 Å². The van der Waals surface area contributed by atoms with Gasteiger partial charge in [0, 0.05) is 17.7 Å². The molecule has 0 radical (unpaired) electrons. The van der Waals surface area contributed by atoms with Crippen molar-refractivity contribution in [3.63, 3.8) is 0 Å². The maximum Gasteiger partial charge on any atom is 0.270 e. The van der Waals surface area contributed by atoms with Crippen LogP contribution in [0.4, 0.5) is 5.69 Å². The van der Waals surface area contributed by atoms with Crippen LogP contribution in [-0.2, 0) is 0 Å². The molecule has 1 fully saturated rings. The summed E-state index contributed by atoms with van der Waals surface area (Å²) in [6, 6.07) is 6.31. The first-order chi connectivity index (χ1) is 9.74. The fourth-order valence-corrected chi connectivity index (χ4v) is 2.32. The van der Waals surface area contributed by atoms with Crippen molar-refractivity contribution in [3.8, 4) is 11.5 Å². The Bertz CT molecular complexity index is 620. The topological polar surface area (TPSA) is 94.1 Å². The number of rotatable bonds is 3. The van der Waals surface area contributed by atoms with Crippen molar-refractivity contribution >= 4 is 5.69 Å². The average molecular weight is 274 g/mol. The van der Waals surface area contributed by atoms with Gasteiger partial charge in [0.1, 0.15) is 0 Å². The van der Waals surface area contributed by atoms with Crippen LogP contribution in [0.3, 0.4) is 0 Å². The van der Waals surface area contributed by atoms with Crippen molar-refractivity contribution < 1.29 is 9.45 Å². The Morgan fingerprint density at radius 3 is 3.05 bits per heavy atom. The maximum atomic E-state index is 10.8. The first-order valence-corrected chi connectivity index (χ1v) is 6.56. The molecule has 1 atom stereocenters. The summed E-state index contributed by atoms with van der Waals surface area (Å²) in [5, 5.41) is 18.1. The number of nitrogens with one attached hydrogen (secondary N) is 1. The first-order valence-electron chi connectivity index (χ1n) is 6.56. The SMILES string of the molecule is O=[N+]([O-])c1cccc(-c2nc(C3CCCCN3)no2)c1. The van der Waals surface area contributed by atoms with E-state index in [0.717, 1.165) is 25.8 Å². The summed E-state index contributed by atoms with van der Waals surface area (Å²) in [4.78, 5) is 14.7. The molecule has 0 amide bonds. The lowest BCUT2D eigenvalue weighted by Gasteiger charge is -2.19. The van der Waals surface area contributed by atoms with Gasteiger partial charge in [0.2, 0.25) is 0 Å². The molecule has 0 spiro atoms. The molecule has 2 aromatic rings. The van der Waals surface area contributed by atoms with Crippen molar-refractivity contribution in [1.82, 2.24) is 15.5 Å². The molecule has 1 saturated heterocycles. The molecule has 0 saturated carbocycles. The molecule has 1 aliphatic heterocycles. The molecule has 104 valence electrons. The summed E-state index contributed by atoms with van der Waals surface area (Å²) < 4.78 is 5.21. The summed E-state index contributed by atoms with van der Waals surface area (Å²) in [7, 11) is 0. The molecular formula is C13H14N4O3. The number of nitrogens with zero attached hydrogens (tertiary/aromatic N) is 3. The van der Waals surface area contributed by atoms with Crippen LogP contribution in [0.5, 0.6) is 0 Å². The zero-order valence-electron chi connectivity index (χ0n) is 10.8. The van der Waals surface area contributed by atoms with Crippen molar-refractivity contribution in [3.05, 3.63) is 40.2 Å². The number of piperidine rings is 1. The second-order valence-electron chi connectivity index (χ2n) is 4.77. The Kier molecular flexibility index (Phi) is 3.42. The fraction of sp³-hybridized carbons (Fsp3) is 0.385. The van der Waals surface area contributed by atoms with Gasteiger partial charge in [-0.25, -0.2) is 0 Å². The minimum Gasteiger partial charge on any atom is -0.334 e. The van der Waals surface area contributed by atoms with Gasteiger partial charge in [-0.2, -0.15) is 4.98 Å². The molecule has 1 unspecified atom stereocenters. The molecule has 0 aliphatic carbocycles. The van der Waals surface area contributed by atoms with E-state index in [1.807, 2.05) is 0 Å². The molecule has 1 N–H and O–H groups in total. The lowest BCUT2D eigenvalue weighted by molar-refractivity contribution is -0.384. The Morgan fingerprint density at radius 1 is 1.40 bits per heavy atom. The highest BCUT2D eigenvalue weighted by Crippen LogP contribution is 2.25. The number of nitro benzene ring substituents is 1. The fourth-order valence-electron chi connectivity index (χ4n) is 2.32. The van der Waals surface area contributed by atoms with Gasteiger partial charge in [0.15, 0.2) is 5.82 Å². The average Bonchev–Trinajstić information content (AvgIpc) is 2.98. The van der Waals surface area contributed by atoms with E-state index in [0.29, 0.717) is 17.3 Å². The summed E-state index contributed by atoms with van der Waals surface area (Å²) >= 11 is 0. The summed E-state index contributed by atoms with van der Waals surface area (Å²) in [6.07, 6.45) is 3.28. The number of non-ortho nitro benzene ring substituents is 1. The van der Waals surface area contributed by atoms with Crippen LogP contribution in [0.15, 0.2) is 28.8 Å². The molecule has 7 heteroatoms. The molecule has 0 bridgehead atoms. The number of hydrogen-bond acceptors (Lipinski definition) is 6. The molecule has 7 nitrogen and oxygen atoms in total. The van der Waals surface area contributed by atoms with Crippen molar-refractivity contribution in [2.24, 2.45) is 0 Å². The molecule has 1 aromatic carbocycles. The second-order valence-corrected chi connectivity index (χ2v) is 4.77. The zero-order chi connectivity index (χ0) is 13.9. The minimum absolute atomic E-state index is 0.0121. The lowest BCUT2D eigenvalue weighted by atomic mass is 10.0. The van der Waals surface area contributed by atoms with Crippen molar-refractivity contribution in [2.45, 2.75) is 25.3 Å². The quantitative estimate of drug-likeness (QED) is 0.682. The van der Waals surface area contributed by atoms with Gasteiger partial charge in [0.25, 0.3) is 11.6 Å². The molecule has 1 aromatic heterocycles. The molecule has 3 rings (SSSR count). The highest BCUT2D eigenvalue weighted by Gasteiger charge is 2.21. The summed E-state index contributed by atoms with van der Waals surface area (Å²) in [6.45, 7) is 0.950. The smallest absolute Gasteiger partial charge is 0.270 e. The number of nitro groups is 1. The van der Waals surface area contributed by atoms with Gasteiger partial charge in [0.05, 0.1) is 11.0 Å². The summed E-state index contributed by atoms with van der Waals surface area (Å²) in [5.41, 5.74) is 0.576. The largest absolute Gasteiger partial charge is 0.334 e. The minimum atomic E-state index is -0.441. The van der Waals surface area contributed by atoms with Crippen LogP contribution >= 0.6 is 0 Å². The van der Waals surface area contributed by atoms with Gasteiger partial charge in [-0.05, 0) is 25.5 Å².